The van der Waals surface area contributed by atoms with Gasteiger partial charge in [-0.25, -0.2) is 9.37 Å². The summed E-state index contributed by atoms with van der Waals surface area (Å²) in [6.45, 7) is 1.08. The highest BCUT2D eigenvalue weighted by Crippen LogP contribution is 2.35. The summed E-state index contributed by atoms with van der Waals surface area (Å²) in [5.41, 5.74) is 6.84. The van der Waals surface area contributed by atoms with E-state index in [1.165, 1.54) is 24.4 Å². The van der Waals surface area contributed by atoms with Crippen LogP contribution >= 0.6 is 0 Å². The molecule has 4 heterocycles. The van der Waals surface area contributed by atoms with Crippen molar-refractivity contribution in [1.29, 1.82) is 0 Å². The van der Waals surface area contributed by atoms with E-state index in [0.29, 0.717) is 53.7 Å². The van der Waals surface area contributed by atoms with Crippen molar-refractivity contribution in [2.75, 3.05) is 18.8 Å². The maximum Gasteiger partial charge on any atom is 0.433 e. The molecular weight excluding hydrogens is 476 g/mol. The number of nitrogens with zero attached hydrogens (tertiary/aromatic N) is 5. The molecule has 3 aromatic heterocycles. The van der Waals surface area contributed by atoms with Crippen LogP contribution < -0.4 is 5.73 Å². The van der Waals surface area contributed by atoms with Gasteiger partial charge in [0.05, 0.1) is 23.1 Å². The molecule has 5 rings (SSSR count). The number of alkyl halides is 3. The Kier molecular flexibility index (Phi) is 6.07. The van der Waals surface area contributed by atoms with Crippen molar-refractivity contribution >= 4 is 22.6 Å². The number of likely N-dealkylation sites (tertiary alicyclic amines) is 1. The molecule has 11 heteroatoms. The van der Waals surface area contributed by atoms with Gasteiger partial charge in [-0.2, -0.15) is 18.3 Å². The van der Waals surface area contributed by atoms with Crippen molar-refractivity contribution in [2.45, 2.75) is 31.5 Å². The van der Waals surface area contributed by atoms with E-state index in [1.807, 2.05) is 0 Å². The predicted molar refractivity (Wildman–Crippen MR) is 125 cm³/mol. The first-order valence-corrected chi connectivity index (χ1v) is 11.4. The summed E-state index contributed by atoms with van der Waals surface area (Å²) in [5.74, 6) is -0.363. The highest BCUT2D eigenvalue weighted by Gasteiger charge is 2.32. The van der Waals surface area contributed by atoms with Crippen molar-refractivity contribution in [3.8, 4) is 0 Å². The van der Waals surface area contributed by atoms with Crippen LogP contribution in [0.25, 0.3) is 10.9 Å². The van der Waals surface area contributed by atoms with Crippen LogP contribution in [-0.2, 0) is 12.7 Å². The molecule has 1 amide bonds. The van der Waals surface area contributed by atoms with Crippen LogP contribution in [0.15, 0.2) is 54.9 Å². The lowest BCUT2D eigenvalue weighted by Gasteiger charge is -2.31. The van der Waals surface area contributed by atoms with Crippen LogP contribution in [0.3, 0.4) is 0 Å². The van der Waals surface area contributed by atoms with Crippen molar-refractivity contribution in [1.82, 2.24) is 24.6 Å². The van der Waals surface area contributed by atoms with E-state index in [9.17, 15) is 22.4 Å². The van der Waals surface area contributed by atoms with E-state index >= 15 is 0 Å². The second-order valence-electron chi connectivity index (χ2n) is 8.76. The zero-order valence-corrected chi connectivity index (χ0v) is 19.0. The molecule has 0 radical (unpaired) electrons. The molecule has 1 fully saturated rings. The molecule has 2 N–H and O–H groups in total. The smallest absolute Gasteiger partial charge is 0.384 e. The summed E-state index contributed by atoms with van der Waals surface area (Å²) in [6, 6.07) is 10.1. The number of carbonyl (C=O) groups is 1. The summed E-state index contributed by atoms with van der Waals surface area (Å²) >= 11 is 0. The van der Waals surface area contributed by atoms with Gasteiger partial charge in [0.15, 0.2) is 0 Å². The maximum atomic E-state index is 14.9. The third kappa shape index (κ3) is 4.60. The number of pyridine rings is 2. The highest BCUT2D eigenvalue weighted by molar-refractivity contribution is 5.94. The van der Waals surface area contributed by atoms with E-state index in [2.05, 4.69) is 15.1 Å². The summed E-state index contributed by atoms with van der Waals surface area (Å²) in [5, 5.41) is 5.07. The van der Waals surface area contributed by atoms with Gasteiger partial charge < -0.3 is 10.6 Å². The first kappa shape index (κ1) is 23.7. The highest BCUT2D eigenvalue weighted by atomic mass is 19.4. The molecule has 0 aliphatic carbocycles. The van der Waals surface area contributed by atoms with Crippen LogP contribution in [-0.4, -0.2) is 43.6 Å². The third-order valence-corrected chi connectivity index (χ3v) is 6.40. The van der Waals surface area contributed by atoms with Gasteiger partial charge in [-0.05, 0) is 48.7 Å². The van der Waals surface area contributed by atoms with Crippen LogP contribution in [0.2, 0.25) is 0 Å². The van der Waals surface area contributed by atoms with Crippen LogP contribution in [0.1, 0.15) is 46.1 Å². The number of nitrogen functional groups attached to an aromatic ring is 1. The summed E-state index contributed by atoms with van der Waals surface area (Å²) in [4.78, 5) is 22.0. The van der Waals surface area contributed by atoms with Gasteiger partial charge in [0, 0.05) is 37.0 Å². The molecular formula is C25H22F4N6O. The Labute approximate surface area is 203 Å². The Balaban J connectivity index is 1.37. The lowest BCUT2D eigenvalue weighted by molar-refractivity contribution is -0.141. The Morgan fingerprint density at radius 3 is 2.53 bits per heavy atom. The number of hydrogen-bond donors (Lipinski definition) is 1. The number of rotatable bonds is 4. The van der Waals surface area contributed by atoms with Gasteiger partial charge in [0.2, 0.25) is 0 Å². The molecule has 1 aromatic carbocycles. The topological polar surface area (TPSA) is 89.9 Å². The van der Waals surface area contributed by atoms with Crippen molar-refractivity contribution in [3.63, 3.8) is 0 Å². The Bertz CT molecular complexity index is 1410. The zero-order chi connectivity index (χ0) is 25.4. The molecule has 0 atom stereocenters. The molecule has 4 aromatic rings. The second kappa shape index (κ2) is 9.21. The number of aromatic nitrogens is 4. The SMILES string of the molecule is Nc1cc(C(=O)N2CCC(c3nn(Cc4ccc(C(F)(F)F)nc4)c4cccc(F)c34)CC2)ccn1. The average molecular weight is 498 g/mol. The summed E-state index contributed by atoms with van der Waals surface area (Å²) in [7, 11) is 0. The Morgan fingerprint density at radius 1 is 1.08 bits per heavy atom. The molecule has 1 saturated heterocycles. The Hall–Kier alpha value is -4.02. The van der Waals surface area contributed by atoms with Gasteiger partial charge in [-0.3, -0.25) is 14.5 Å². The Morgan fingerprint density at radius 2 is 1.86 bits per heavy atom. The van der Waals surface area contributed by atoms with Gasteiger partial charge >= 0.3 is 6.18 Å². The van der Waals surface area contributed by atoms with Crippen LogP contribution in [0.5, 0.6) is 0 Å². The molecule has 0 saturated carbocycles. The van der Waals surface area contributed by atoms with Crippen molar-refractivity contribution in [2.24, 2.45) is 0 Å². The first-order valence-electron chi connectivity index (χ1n) is 11.4. The normalized spacial score (nSPS) is 14.9. The predicted octanol–water partition coefficient (Wildman–Crippen LogP) is 4.63. The van der Waals surface area contributed by atoms with E-state index in [0.717, 1.165) is 12.3 Å². The second-order valence-corrected chi connectivity index (χ2v) is 8.76. The van der Waals surface area contributed by atoms with Crippen molar-refractivity contribution in [3.05, 3.63) is 83.2 Å². The van der Waals surface area contributed by atoms with E-state index < -0.39 is 17.7 Å². The van der Waals surface area contributed by atoms with E-state index in [4.69, 9.17) is 5.73 Å². The van der Waals surface area contributed by atoms with Gasteiger partial charge in [0.25, 0.3) is 5.91 Å². The number of carbonyl (C=O) groups excluding carboxylic acids is 1. The largest absolute Gasteiger partial charge is 0.433 e. The molecule has 0 spiro atoms. The zero-order valence-electron chi connectivity index (χ0n) is 19.0. The number of nitrogens with two attached hydrogens (primary N) is 1. The molecule has 7 nitrogen and oxygen atoms in total. The minimum absolute atomic E-state index is 0.0806. The van der Waals surface area contributed by atoms with E-state index in [-0.39, 0.29) is 24.2 Å². The number of fused-ring (bicyclic) bond motifs is 1. The fourth-order valence-corrected chi connectivity index (χ4v) is 4.60. The number of amides is 1. The lowest BCUT2D eigenvalue weighted by Crippen LogP contribution is -2.38. The molecule has 36 heavy (non-hydrogen) atoms. The average Bonchev–Trinajstić information content (AvgIpc) is 3.23. The molecule has 1 aliphatic heterocycles. The van der Waals surface area contributed by atoms with Gasteiger partial charge in [-0.15, -0.1) is 0 Å². The molecule has 0 bridgehead atoms. The summed E-state index contributed by atoms with van der Waals surface area (Å²) in [6.07, 6.45) is -0.690. The number of hydrogen-bond acceptors (Lipinski definition) is 5. The quantitative estimate of drug-likeness (QED) is 0.414. The van der Waals surface area contributed by atoms with Crippen LogP contribution in [0.4, 0.5) is 23.4 Å². The molecule has 1 aliphatic rings. The lowest BCUT2D eigenvalue weighted by atomic mass is 9.91. The fraction of sp³-hybridized carbons (Fsp3) is 0.280. The van der Waals surface area contributed by atoms with Crippen LogP contribution in [0, 0.1) is 5.82 Å². The van der Waals surface area contributed by atoms with Gasteiger partial charge in [-0.1, -0.05) is 12.1 Å². The minimum atomic E-state index is -4.52. The van der Waals surface area contributed by atoms with E-state index in [1.54, 1.807) is 27.8 Å². The maximum absolute atomic E-state index is 14.9. The third-order valence-electron chi connectivity index (χ3n) is 6.40. The summed E-state index contributed by atoms with van der Waals surface area (Å²) < 4.78 is 55.1. The number of benzene rings is 1. The number of anilines is 1. The fourth-order valence-electron chi connectivity index (χ4n) is 4.60. The standard InChI is InChI=1S/C25H22F4N6O/c26-18-2-1-3-19-22(18)23(33-35(19)14-15-4-5-20(32-13-15)25(27,28)29)16-7-10-34(11-8-16)24(36)17-6-9-31-21(30)12-17/h1-6,9,12-13,16H,7-8,10-11,14H2,(H2,30,31). The molecule has 0 unspecified atom stereocenters. The number of halogens is 4. The van der Waals surface area contributed by atoms with Crippen molar-refractivity contribution < 1.29 is 22.4 Å². The number of piperidine rings is 1. The monoisotopic (exact) mass is 498 g/mol. The first-order chi connectivity index (χ1) is 17.2. The molecule has 186 valence electrons. The minimum Gasteiger partial charge on any atom is -0.384 e. The van der Waals surface area contributed by atoms with Gasteiger partial charge in [0.1, 0.15) is 17.3 Å².